The Labute approximate surface area is 126 Å². The van der Waals surface area contributed by atoms with Gasteiger partial charge in [0.2, 0.25) is 0 Å². The summed E-state index contributed by atoms with van der Waals surface area (Å²) in [6.07, 6.45) is 0. The number of aliphatic carboxylic acids is 1. The molecule has 5 nitrogen and oxygen atoms in total. The van der Waals surface area contributed by atoms with Gasteiger partial charge in [-0.05, 0) is 44.5 Å². The number of furan rings is 1. The fourth-order valence-electron chi connectivity index (χ4n) is 2.18. The normalized spacial score (nSPS) is 13.5. The van der Waals surface area contributed by atoms with Crippen LogP contribution in [0.15, 0.2) is 34.7 Å². The first-order valence-electron chi connectivity index (χ1n) is 6.63. The third-order valence-electron chi connectivity index (χ3n) is 3.46. The highest BCUT2D eigenvalue weighted by Gasteiger charge is 2.38. The van der Waals surface area contributed by atoms with Crippen LogP contribution in [0.2, 0.25) is 0 Å². The fourth-order valence-corrected chi connectivity index (χ4v) is 2.18. The monoisotopic (exact) mass is 305 g/mol. The summed E-state index contributed by atoms with van der Waals surface area (Å²) < 4.78 is 18.3. The zero-order valence-electron chi connectivity index (χ0n) is 12.4. The SMILES string of the molecule is Cc1cc(C)c(C(=O)NC(C)(C(=O)O)c2ccc(F)cc2)o1. The standard InChI is InChI=1S/C16H16FNO4/c1-9-8-10(2)22-13(9)14(19)18-16(3,15(20)21)11-4-6-12(17)7-5-11/h4-8H,1-3H3,(H,18,19)(H,20,21). The molecule has 0 spiro atoms. The molecule has 2 N–H and O–H groups in total. The summed E-state index contributed by atoms with van der Waals surface area (Å²) in [5.74, 6) is -1.76. The van der Waals surface area contributed by atoms with E-state index >= 15 is 0 Å². The number of hydrogen-bond donors (Lipinski definition) is 2. The van der Waals surface area contributed by atoms with Gasteiger partial charge in [-0.3, -0.25) is 4.79 Å². The molecule has 0 aliphatic heterocycles. The minimum absolute atomic E-state index is 0.0621. The van der Waals surface area contributed by atoms with Gasteiger partial charge in [0.25, 0.3) is 5.91 Å². The first kappa shape index (κ1) is 15.8. The van der Waals surface area contributed by atoms with Crippen molar-refractivity contribution in [3.63, 3.8) is 0 Å². The highest BCUT2D eigenvalue weighted by molar-refractivity contribution is 5.97. The highest BCUT2D eigenvalue weighted by Crippen LogP contribution is 2.23. The van der Waals surface area contributed by atoms with Gasteiger partial charge in [-0.1, -0.05) is 12.1 Å². The average molecular weight is 305 g/mol. The summed E-state index contributed by atoms with van der Waals surface area (Å²) in [7, 11) is 0. The lowest BCUT2D eigenvalue weighted by Gasteiger charge is -2.26. The van der Waals surface area contributed by atoms with Gasteiger partial charge in [0.1, 0.15) is 11.6 Å². The molecule has 1 heterocycles. The van der Waals surface area contributed by atoms with E-state index in [1.165, 1.54) is 19.1 Å². The molecular formula is C16H16FNO4. The van der Waals surface area contributed by atoms with Crippen LogP contribution in [0.5, 0.6) is 0 Å². The average Bonchev–Trinajstić information content (AvgIpc) is 2.78. The van der Waals surface area contributed by atoms with Gasteiger partial charge < -0.3 is 14.8 Å². The smallest absolute Gasteiger partial charge is 0.333 e. The highest BCUT2D eigenvalue weighted by atomic mass is 19.1. The van der Waals surface area contributed by atoms with Gasteiger partial charge in [0, 0.05) is 5.56 Å². The van der Waals surface area contributed by atoms with E-state index in [1.54, 1.807) is 19.9 Å². The number of carbonyl (C=O) groups excluding carboxylic acids is 1. The Bertz CT molecular complexity index is 720. The number of benzene rings is 1. The molecule has 22 heavy (non-hydrogen) atoms. The zero-order chi connectivity index (χ0) is 16.5. The van der Waals surface area contributed by atoms with Crippen LogP contribution < -0.4 is 5.32 Å². The lowest BCUT2D eigenvalue weighted by Crippen LogP contribution is -2.49. The first-order valence-corrected chi connectivity index (χ1v) is 6.63. The second kappa shape index (κ2) is 5.63. The van der Waals surface area contributed by atoms with Gasteiger partial charge in [0.15, 0.2) is 11.3 Å². The Morgan fingerprint density at radius 3 is 2.27 bits per heavy atom. The third kappa shape index (κ3) is 2.86. The Hall–Kier alpha value is -2.63. The van der Waals surface area contributed by atoms with Crippen molar-refractivity contribution in [2.24, 2.45) is 0 Å². The van der Waals surface area contributed by atoms with Crippen LogP contribution >= 0.6 is 0 Å². The maximum absolute atomic E-state index is 13.0. The molecule has 0 bridgehead atoms. The maximum atomic E-state index is 13.0. The predicted octanol–water partition coefficient (Wildman–Crippen LogP) is 2.77. The van der Waals surface area contributed by atoms with E-state index in [1.807, 2.05) is 0 Å². The van der Waals surface area contributed by atoms with E-state index in [4.69, 9.17) is 4.42 Å². The molecule has 1 unspecified atom stereocenters. The van der Waals surface area contributed by atoms with Crippen molar-refractivity contribution in [1.82, 2.24) is 5.32 Å². The second-order valence-corrected chi connectivity index (χ2v) is 5.26. The molecule has 1 amide bonds. The number of amides is 1. The van der Waals surface area contributed by atoms with Crippen LogP contribution in [0, 0.1) is 19.7 Å². The van der Waals surface area contributed by atoms with Crippen molar-refractivity contribution in [3.05, 3.63) is 58.8 Å². The Kier molecular flexibility index (Phi) is 4.03. The van der Waals surface area contributed by atoms with Crippen molar-refractivity contribution in [2.45, 2.75) is 26.3 Å². The summed E-state index contributed by atoms with van der Waals surface area (Å²) in [4.78, 5) is 23.9. The van der Waals surface area contributed by atoms with E-state index in [2.05, 4.69) is 5.32 Å². The van der Waals surface area contributed by atoms with Crippen molar-refractivity contribution >= 4 is 11.9 Å². The van der Waals surface area contributed by atoms with Crippen molar-refractivity contribution in [1.29, 1.82) is 0 Å². The van der Waals surface area contributed by atoms with Crippen LogP contribution in [0.1, 0.15) is 34.4 Å². The second-order valence-electron chi connectivity index (χ2n) is 5.26. The lowest BCUT2D eigenvalue weighted by molar-refractivity contribution is -0.144. The summed E-state index contributed by atoms with van der Waals surface area (Å²) >= 11 is 0. The quantitative estimate of drug-likeness (QED) is 0.910. The van der Waals surface area contributed by atoms with Crippen LogP contribution in [0.25, 0.3) is 0 Å². The van der Waals surface area contributed by atoms with Crippen LogP contribution in [-0.4, -0.2) is 17.0 Å². The molecule has 1 aromatic heterocycles. The number of hydrogen-bond acceptors (Lipinski definition) is 3. The van der Waals surface area contributed by atoms with E-state index in [-0.39, 0.29) is 11.3 Å². The van der Waals surface area contributed by atoms with Gasteiger partial charge in [-0.15, -0.1) is 0 Å². The largest absolute Gasteiger partial charge is 0.479 e. The molecule has 1 aromatic carbocycles. The van der Waals surface area contributed by atoms with Crippen LogP contribution in [-0.2, 0) is 10.3 Å². The summed E-state index contributed by atoms with van der Waals surface area (Å²) in [6.45, 7) is 4.73. The number of carboxylic acids is 1. The minimum Gasteiger partial charge on any atom is -0.479 e. The summed E-state index contributed by atoms with van der Waals surface area (Å²) in [6, 6.07) is 6.62. The molecule has 2 aromatic rings. The number of aryl methyl sites for hydroxylation is 2. The molecule has 0 aliphatic rings. The van der Waals surface area contributed by atoms with E-state index in [9.17, 15) is 19.1 Å². The van der Waals surface area contributed by atoms with E-state index in [0.29, 0.717) is 11.3 Å². The van der Waals surface area contributed by atoms with Crippen molar-refractivity contribution in [3.8, 4) is 0 Å². The third-order valence-corrected chi connectivity index (χ3v) is 3.46. The van der Waals surface area contributed by atoms with Gasteiger partial charge in [-0.2, -0.15) is 0 Å². The van der Waals surface area contributed by atoms with Crippen LogP contribution in [0.4, 0.5) is 4.39 Å². The van der Waals surface area contributed by atoms with E-state index in [0.717, 1.165) is 12.1 Å². The topological polar surface area (TPSA) is 79.5 Å². The molecule has 0 aliphatic carbocycles. The predicted molar refractivity (Wildman–Crippen MR) is 77.0 cm³/mol. The fraction of sp³-hybridized carbons (Fsp3) is 0.250. The van der Waals surface area contributed by atoms with Crippen molar-refractivity contribution < 1.29 is 23.5 Å². The molecule has 0 radical (unpaired) electrons. The van der Waals surface area contributed by atoms with Crippen molar-refractivity contribution in [2.75, 3.05) is 0 Å². The summed E-state index contributed by atoms with van der Waals surface area (Å²) in [5, 5.41) is 11.9. The molecule has 2 rings (SSSR count). The lowest BCUT2D eigenvalue weighted by atomic mass is 9.91. The van der Waals surface area contributed by atoms with E-state index < -0.39 is 23.2 Å². The molecule has 0 saturated carbocycles. The number of nitrogens with one attached hydrogen (secondary N) is 1. The summed E-state index contributed by atoms with van der Waals surface area (Å²) in [5.41, 5.74) is -0.824. The Morgan fingerprint density at radius 2 is 1.82 bits per heavy atom. The van der Waals surface area contributed by atoms with Gasteiger partial charge in [0.05, 0.1) is 0 Å². The number of halogens is 1. The zero-order valence-corrected chi connectivity index (χ0v) is 12.4. The molecule has 0 fully saturated rings. The minimum atomic E-state index is -1.70. The molecule has 0 saturated heterocycles. The molecular weight excluding hydrogens is 289 g/mol. The number of carboxylic acid groups (broad SMARTS) is 1. The number of carbonyl (C=O) groups is 2. The molecule has 116 valence electrons. The first-order chi connectivity index (χ1) is 10.2. The van der Waals surface area contributed by atoms with Gasteiger partial charge in [-0.25, -0.2) is 9.18 Å². The Morgan fingerprint density at radius 1 is 1.23 bits per heavy atom. The number of rotatable bonds is 4. The van der Waals surface area contributed by atoms with Gasteiger partial charge >= 0.3 is 5.97 Å². The van der Waals surface area contributed by atoms with Crippen LogP contribution in [0.3, 0.4) is 0 Å². The Balaban J connectivity index is 2.36. The molecule has 1 atom stereocenters. The molecule has 6 heteroatoms. The maximum Gasteiger partial charge on any atom is 0.333 e.